The fourth-order valence-electron chi connectivity index (χ4n) is 2.72. The van der Waals surface area contributed by atoms with Crippen LogP contribution in [0.5, 0.6) is 0 Å². The van der Waals surface area contributed by atoms with Crippen LogP contribution < -0.4 is 35.0 Å². The summed E-state index contributed by atoms with van der Waals surface area (Å²) >= 11 is 0. The van der Waals surface area contributed by atoms with Crippen molar-refractivity contribution in [1.82, 2.24) is 20.4 Å². The Morgan fingerprint density at radius 1 is 1.30 bits per heavy atom. The minimum absolute atomic E-state index is 0. The number of carbonyl (C=O) groups excluding carboxylic acids is 3. The molecule has 0 radical (unpaired) electrons. The summed E-state index contributed by atoms with van der Waals surface area (Å²) in [6.07, 6.45) is -0.315. The third-order valence-corrected chi connectivity index (χ3v) is 4.09. The Bertz CT molecular complexity index is 710. The normalized spacial score (nSPS) is 22.2. The van der Waals surface area contributed by atoms with E-state index in [-0.39, 0.29) is 48.9 Å². The Morgan fingerprint density at radius 2 is 1.89 bits per heavy atom. The quantitative estimate of drug-likeness (QED) is 0.216. The third kappa shape index (κ3) is 6.19. The average Bonchev–Trinajstić information content (AvgIpc) is 2.69. The molecule has 1 N–H and O–H groups in total. The van der Waals surface area contributed by atoms with E-state index in [0.29, 0.717) is 5.06 Å². The Morgan fingerprint density at radius 3 is 2.41 bits per heavy atom. The van der Waals surface area contributed by atoms with E-state index in [1.54, 1.807) is 20.8 Å². The van der Waals surface area contributed by atoms with E-state index in [4.69, 9.17) is 4.74 Å². The summed E-state index contributed by atoms with van der Waals surface area (Å²) in [6, 6.07) is -2.47. The molecule has 4 amide bonds. The molecule has 0 aliphatic carbocycles. The number of hydrogen-bond donors (Lipinski definition) is 1. The minimum Gasteiger partial charge on any atom is -0.724 e. The summed E-state index contributed by atoms with van der Waals surface area (Å²) in [4.78, 5) is 37.6. The van der Waals surface area contributed by atoms with Crippen LogP contribution in [0.25, 0.3) is 0 Å². The molecule has 2 heterocycles. The molecule has 2 bridgehead atoms. The number of urea groups is 1. The third-order valence-electron chi connectivity index (χ3n) is 3.74. The van der Waals surface area contributed by atoms with Crippen molar-refractivity contribution >= 4 is 28.4 Å². The van der Waals surface area contributed by atoms with Crippen LogP contribution in [-0.2, 0) is 24.2 Å². The van der Waals surface area contributed by atoms with Gasteiger partial charge in [0.1, 0.15) is 11.6 Å². The Kier molecular flexibility index (Phi) is 7.52. The second-order valence-electron chi connectivity index (χ2n) is 7.01. The first-order valence-electron chi connectivity index (χ1n) is 7.81. The molecule has 27 heavy (non-hydrogen) atoms. The standard InChI is InChI=1S/C13H22N4O8S.Na/c1-13(2,3)24-12(20)15(4)14-10(18)9-6-5-8-7-16(9)11(19)17(8)25-26(21,22)23;/h8-9H,5-7H2,1-4H3,(H,14,18)(H,21,22,23);/q;+1/p-1/t8-,9+;/m1./s1. The van der Waals surface area contributed by atoms with Gasteiger partial charge < -0.3 is 14.2 Å². The number of carbonyl (C=O) groups is 3. The Labute approximate surface area is 179 Å². The summed E-state index contributed by atoms with van der Waals surface area (Å²) in [5, 5.41) is 1.34. The molecule has 12 nitrogen and oxygen atoms in total. The van der Waals surface area contributed by atoms with Crippen molar-refractivity contribution in [1.29, 1.82) is 0 Å². The Hall–Kier alpha value is -1.12. The monoisotopic (exact) mass is 416 g/mol. The smallest absolute Gasteiger partial charge is 0.724 e. The molecule has 2 fully saturated rings. The van der Waals surface area contributed by atoms with Crippen molar-refractivity contribution < 1.29 is 65.9 Å². The number of piperidine rings is 1. The number of hydroxylamine groups is 2. The number of hydrogen-bond acceptors (Lipinski definition) is 8. The van der Waals surface area contributed by atoms with E-state index in [2.05, 4.69) is 9.71 Å². The van der Waals surface area contributed by atoms with Crippen LogP contribution in [0, 0.1) is 0 Å². The van der Waals surface area contributed by atoms with Gasteiger partial charge in [-0.05, 0) is 33.6 Å². The van der Waals surface area contributed by atoms with Gasteiger partial charge in [-0.1, -0.05) is 0 Å². The van der Waals surface area contributed by atoms with Crippen LogP contribution in [0.2, 0.25) is 0 Å². The predicted molar refractivity (Wildman–Crippen MR) is 83.7 cm³/mol. The molecule has 14 heteroatoms. The molecule has 2 atom stereocenters. The molecule has 0 aromatic rings. The first-order chi connectivity index (χ1) is 11.8. The molecule has 2 aliphatic rings. The Balaban J connectivity index is 0.00000364. The van der Waals surface area contributed by atoms with Crippen molar-refractivity contribution in [2.45, 2.75) is 51.3 Å². The number of ether oxygens (including phenoxy) is 1. The largest absolute Gasteiger partial charge is 1.00 e. The van der Waals surface area contributed by atoms with Gasteiger partial charge in [0, 0.05) is 13.6 Å². The molecule has 2 saturated heterocycles. The summed E-state index contributed by atoms with van der Waals surface area (Å²) < 4.78 is 41.5. The molecule has 0 spiro atoms. The van der Waals surface area contributed by atoms with Crippen molar-refractivity contribution in [2.24, 2.45) is 0 Å². The van der Waals surface area contributed by atoms with Crippen molar-refractivity contribution in [3.8, 4) is 0 Å². The first kappa shape index (κ1) is 23.9. The molecular weight excluding hydrogens is 395 g/mol. The summed E-state index contributed by atoms with van der Waals surface area (Å²) in [5.74, 6) is -0.642. The van der Waals surface area contributed by atoms with Crippen molar-refractivity contribution in [3.63, 3.8) is 0 Å². The van der Waals surface area contributed by atoms with Gasteiger partial charge in [0.15, 0.2) is 0 Å². The average molecular weight is 416 g/mol. The number of rotatable bonds is 3. The fraction of sp³-hybridized carbons (Fsp3) is 0.769. The maximum atomic E-state index is 12.4. The molecule has 0 aromatic heterocycles. The molecule has 148 valence electrons. The van der Waals surface area contributed by atoms with E-state index in [1.807, 2.05) is 0 Å². The van der Waals surface area contributed by atoms with Gasteiger partial charge in [0.25, 0.3) is 5.91 Å². The van der Waals surface area contributed by atoms with Gasteiger partial charge in [0.05, 0.1) is 6.04 Å². The van der Waals surface area contributed by atoms with E-state index in [1.165, 1.54) is 7.05 Å². The minimum atomic E-state index is -5.11. The van der Waals surface area contributed by atoms with Crippen LogP contribution in [0.3, 0.4) is 0 Å². The van der Waals surface area contributed by atoms with Gasteiger partial charge in [0.2, 0.25) is 10.4 Å². The number of fused-ring (bicyclic) bond motifs is 2. The van der Waals surface area contributed by atoms with Gasteiger partial charge in [-0.25, -0.2) is 23.0 Å². The number of hydrazine groups is 1. The molecule has 0 unspecified atom stereocenters. The second kappa shape index (κ2) is 8.49. The van der Waals surface area contributed by atoms with E-state index in [0.717, 1.165) is 9.91 Å². The van der Waals surface area contributed by atoms with E-state index < -0.39 is 46.1 Å². The maximum Gasteiger partial charge on any atom is 1.00 e. The molecule has 2 rings (SSSR count). The zero-order valence-corrected chi connectivity index (χ0v) is 18.6. The van der Waals surface area contributed by atoms with Crippen LogP contribution >= 0.6 is 0 Å². The van der Waals surface area contributed by atoms with E-state index >= 15 is 0 Å². The molecular formula is C13H21N4NaO8S. The second-order valence-corrected chi connectivity index (χ2v) is 7.97. The van der Waals surface area contributed by atoms with Crippen molar-refractivity contribution in [3.05, 3.63) is 0 Å². The molecule has 0 saturated carbocycles. The molecule has 0 aromatic carbocycles. The van der Waals surface area contributed by atoms with Gasteiger partial charge >= 0.3 is 41.7 Å². The van der Waals surface area contributed by atoms with Crippen LogP contribution in [0.4, 0.5) is 9.59 Å². The van der Waals surface area contributed by atoms with Gasteiger partial charge in [-0.2, -0.15) is 9.35 Å². The first-order valence-corrected chi connectivity index (χ1v) is 9.14. The number of amides is 4. The van der Waals surface area contributed by atoms with Crippen LogP contribution in [-0.4, -0.2) is 77.3 Å². The van der Waals surface area contributed by atoms with Crippen LogP contribution in [0.15, 0.2) is 0 Å². The zero-order valence-electron chi connectivity index (χ0n) is 15.8. The van der Waals surface area contributed by atoms with E-state index in [9.17, 15) is 27.4 Å². The van der Waals surface area contributed by atoms with Gasteiger partial charge in [-0.3, -0.25) is 10.2 Å². The van der Waals surface area contributed by atoms with Crippen LogP contribution in [0.1, 0.15) is 33.6 Å². The van der Waals surface area contributed by atoms with Gasteiger partial charge in [-0.15, -0.1) is 0 Å². The summed E-state index contributed by atoms with van der Waals surface area (Å²) in [6.45, 7) is 5.04. The maximum absolute atomic E-state index is 12.4. The van der Waals surface area contributed by atoms with Crippen molar-refractivity contribution in [2.75, 3.05) is 13.6 Å². The fourth-order valence-corrected chi connectivity index (χ4v) is 3.10. The predicted octanol–water partition coefficient (Wildman–Crippen LogP) is -3.45. The zero-order chi connectivity index (χ0) is 19.9. The topological polar surface area (TPSA) is 149 Å². The molecule has 2 aliphatic heterocycles. The number of nitrogens with zero attached hydrogens (tertiary/aromatic N) is 3. The summed E-state index contributed by atoms with van der Waals surface area (Å²) in [5.41, 5.74) is 1.58. The number of nitrogens with one attached hydrogen (secondary N) is 1. The SMILES string of the molecule is CN(NC(=O)[C@@H]1CC[C@@H]2CN1C(=O)N2OS(=O)(=O)[O-])C(=O)OC(C)(C)C.[Na+]. The summed E-state index contributed by atoms with van der Waals surface area (Å²) in [7, 11) is -3.81.